The van der Waals surface area contributed by atoms with Crippen LogP contribution in [-0.2, 0) is 10.0 Å². The summed E-state index contributed by atoms with van der Waals surface area (Å²) in [7, 11) is -3.51. The fraction of sp³-hybridized carbons (Fsp3) is 0.174. The number of hydrogen-bond acceptors (Lipinski definition) is 3. The highest BCUT2D eigenvalue weighted by molar-refractivity contribution is 7.92. The molecule has 3 aromatic carbocycles. The van der Waals surface area contributed by atoms with Gasteiger partial charge in [0, 0.05) is 37.2 Å². The smallest absolute Gasteiger partial charge is 0.253 e. The van der Waals surface area contributed by atoms with E-state index in [1.165, 1.54) is 9.71 Å². The predicted molar refractivity (Wildman–Crippen MR) is 116 cm³/mol. The third-order valence-electron chi connectivity index (χ3n) is 5.11. The maximum atomic E-state index is 12.9. The van der Waals surface area contributed by atoms with E-state index in [9.17, 15) is 13.2 Å². The van der Waals surface area contributed by atoms with Gasteiger partial charge in [0.1, 0.15) is 0 Å². The molecule has 0 spiro atoms. The van der Waals surface area contributed by atoms with E-state index in [4.69, 9.17) is 0 Å². The van der Waals surface area contributed by atoms with Crippen molar-refractivity contribution in [3.8, 4) is 0 Å². The van der Waals surface area contributed by atoms with Crippen molar-refractivity contribution >= 4 is 32.8 Å². The Morgan fingerprint density at radius 1 is 0.793 bits per heavy atom. The molecule has 0 N–H and O–H groups in total. The first-order valence-corrected chi connectivity index (χ1v) is 11.0. The van der Waals surface area contributed by atoms with Crippen LogP contribution in [0.5, 0.6) is 0 Å². The summed E-state index contributed by atoms with van der Waals surface area (Å²) in [5.74, 6) is -0.0624. The van der Waals surface area contributed by atoms with Gasteiger partial charge in [-0.2, -0.15) is 4.31 Å². The Hall–Kier alpha value is -2.96. The van der Waals surface area contributed by atoms with Crippen LogP contribution in [0.25, 0.3) is 16.8 Å². The third-order valence-corrected chi connectivity index (χ3v) is 6.68. The largest absolute Gasteiger partial charge is 0.336 e. The first-order chi connectivity index (χ1) is 14.0. The van der Waals surface area contributed by atoms with Gasteiger partial charge in [-0.1, -0.05) is 60.7 Å². The molecule has 3 aromatic rings. The van der Waals surface area contributed by atoms with Gasteiger partial charge in [0.2, 0.25) is 10.0 Å². The fourth-order valence-electron chi connectivity index (χ4n) is 3.47. The molecule has 1 amide bonds. The minimum absolute atomic E-state index is 0.0624. The first kappa shape index (κ1) is 19.4. The van der Waals surface area contributed by atoms with Gasteiger partial charge in [0.05, 0.1) is 0 Å². The number of carbonyl (C=O) groups excluding carboxylic acids is 1. The second-order valence-corrected chi connectivity index (χ2v) is 8.83. The molecular formula is C23H22N2O3S. The Kier molecular flexibility index (Phi) is 5.47. The summed E-state index contributed by atoms with van der Waals surface area (Å²) in [6.07, 6.45) is 1.60. The van der Waals surface area contributed by atoms with Crippen LogP contribution in [0.3, 0.4) is 0 Å². The highest BCUT2D eigenvalue weighted by Gasteiger charge is 2.27. The molecule has 0 atom stereocenters. The number of piperazine rings is 1. The van der Waals surface area contributed by atoms with Gasteiger partial charge in [0.25, 0.3) is 5.91 Å². The third kappa shape index (κ3) is 4.39. The quantitative estimate of drug-likeness (QED) is 0.665. The molecule has 1 aliphatic heterocycles. The zero-order valence-corrected chi connectivity index (χ0v) is 16.8. The summed E-state index contributed by atoms with van der Waals surface area (Å²) in [6, 6.07) is 22.9. The van der Waals surface area contributed by atoms with E-state index < -0.39 is 10.0 Å². The van der Waals surface area contributed by atoms with Crippen molar-refractivity contribution in [2.24, 2.45) is 0 Å². The van der Waals surface area contributed by atoms with E-state index >= 15 is 0 Å². The highest BCUT2D eigenvalue weighted by Crippen LogP contribution is 2.18. The summed E-state index contributed by atoms with van der Waals surface area (Å²) in [5, 5.41) is 3.35. The Bertz CT molecular complexity index is 1150. The minimum Gasteiger partial charge on any atom is -0.336 e. The molecule has 0 radical (unpaired) electrons. The topological polar surface area (TPSA) is 57.7 Å². The standard InChI is InChI=1S/C23H22N2O3S/c26-23(22-11-10-20-8-4-5-9-21(20)18-22)24-13-15-25(16-14-24)29(27,28)17-12-19-6-2-1-3-7-19/h1-12,17-18H,13-16H2/b17-12+. The molecule has 5 nitrogen and oxygen atoms in total. The highest BCUT2D eigenvalue weighted by atomic mass is 32.2. The number of rotatable bonds is 4. The Labute approximate surface area is 170 Å². The SMILES string of the molecule is O=C(c1ccc2ccccc2c1)N1CCN(S(=O)(=O)/C=C/c2ccccc2)CC1. The van der Waals surface area contributed by atoms with Crippen LogP contribution in [0.2, 0.25) is 0 Å². The number of amides is 1. The van der Waals surface area contributed by atoms with Crippen molar-refractivity contribution in [1.29, 1.82) is 0 Å². The van der Waals surface area contributed by atoms with E-state index in [1.807, 2.05) is 72.8 Å². The average Bonchev–Trinajstić information content (AvgIpc) is 2.78. The van der Waals surface area contributed by atoms with E-state index in [1.54, 1.807) is 11.0 Å². The summed E-state index contributed by atoms with van der Waals surface area (Å²) in [4.78, 5) is 14.6. The van der Waals surface area contributed by atoms with E-state index in [0.29, 0.717) is 31.7 Å². The molecule has 4 rings (SSSR count). The molecule has 0 bridgehead atoms. The number of sulfonamides is 1. The lowest BCUT2D eigenvalue weighted by Gasteiger charge is -2.33. The van der Waals surface area contributed by atoms with E-state index in [-0.39, 0.29) is 5.91 Å². The molecule has 1 saturated heterocycles. The van der Waals surface area contributed by atoms with Crippen LogP contribution in [0.15, 0.2) is 78.2 Å². The molecule has 0 saturated carbocycles. The molecule has 0 unspecified atom stereocenters. The minimum atomic E-state index is -3.51. The van der Waals surface area contributed by atoms with Crippen LogP contribution in [-0.4, -0.2) is 49.7 Å². The average molecular weight is 407 g/mol. The molecular weight excluding hydrogens is 384 g/mol. The maximum absolute atomic E-state index is 12.9. The summed E-state index contributed by atoms with van der Waals surface area (Å²) < 4.78 is 26.6. The van der Waals surface area contributed by atoms with Crippen molar-refractivity contribution in [3.63, 3.8) is 0 Å². The van der Waals surface area contributed by atoms with E-state index in [2.05, 4.69) is 0 Å². The number of nitrogens with zero attached hydrogens (tertiary/aromatic N) is 2. The molecule has 0 aromatic heterocycles. The zero-order chi connectivity index (χ0) is 20.3. The molecule has 1 aliphatic rings. The maximum Gasteiger partial charge on any atom is 0.253 e. The lowest BCUT2D eigenvalue weighted by Crippen LogP contribution is -2.50. The number of fused-ring (bicyclic) bond motifs is 1. The Balaban J connectivity index is 1.41. The molecule has 0 aliphatic carbocycles. The number of carbonyl (C=O) groups is 1. The van der Waals surface area contributed by atoms with Gasteiger partial charge >= 0.3 is 0 Å². The van der Waals surface area contributed by atoms with Crippen LogP contribution in [0, 0.1) is 0 Å². The molecule has 1 fully saturated rings. The Morgan fingerprint density at radius 3 is 2.17 bits per heavy atom. The summed E-state index contributed by atoms with van der Waals surface area (Å²) >= 11 is 0. The van der Waals surface area contributed by atoms with Crippen molar-refractivity contribution < 1.29 is 13.2 Å². The van der Waals surface area contributed by atoms with Crippen molar-refractivity contribution in [2.75, 3.05) is 26.2 Å². The van der Waals surface area contributed by atoms with Crippen LogP contribution >= 0.6 is 0 Å². The van der Waals surface area contributed by atoms with Crippen LogP contribution in [0.4, 0.5) is 0 Å². The molecule has 29 heavy (non-hydrogen) atoms. The van der Waals surface area contributed by atoms with Crippen molar-refractivity contribution in [2.45, 2.75) is 0 Å². The second-order valence-electron chi connectivity index (χ2n) is 7.01. The van der Waals surface area contributed by atoms with Gasteiger partial charge in [-0.15, -0.1) is 0 Å². The van der Waals surface area contributed by atoms with Gasteiger partial charge in [-0.05, 0) is 34.5 Å². The lowest BCUT2D eigenvalue weighted by molar-refractivity contribution is 0.0699. The van der Waals surface area contributed by atoms with Gasteiger partial charge in [-0.25, -0.2) is 8.42 Å². The van der Waals surface area contributed by atoms with E-state index in [0.717, 1.165) is 16.3 Å². The fourth-order valence-corrected chi connectivity index (χ4v) is 4.64. The van der Waals surface area contributed by atoms with Gasteiger partial charge in [-0.3, -0.25) is 4.79 Å². The van der Waals surface area contributed by atoms with Crippen LogP contribution in [0.1, 0.15) is 15.9 Å². The molecule has 6 heteroatoms. The van der Waals surface area contributed by atoms with Gasteiger partial charge in [0.15, 0.2) is 0 Å². The molecule has 1 heterocycles. The number of hydrogen-bond donors (Lipinski definition) is 0. The monoisotopic (exact) mass is 406 g/mol. The van der Waals surface area contributed by atoms with Gasteiger partial charge < -0.3 is 4.90 Å². The van der Waals surface area contributed by atoms with Crippen molar-refractivity contribution in [1.82, 2.24) is 9.21 Å². The first-order valence-electron chi connectivity index (χ1n) is 9.54. The van der Waals surface area contributed by atoms with Crippen LogP contribution < -0.4 is 0 Å². The van der Waals surface area contributed by atoms with Crippen molar-refractivity contribution in [3.05, 3.63) is 89.3 Å². The Morgan fingerprint density at radius 2 is 1.45 bits per heavy atom. The lowest BCUT2D eigenvalue weighted by atomic mass is 10.1. The number of benzene rings is 3. The summed E-state index contributed by atoms with van der Waals surface area (Å²) in [5.41, 5.74) is 1.46. The zero-order valence-electron chi connectivity index (χ0n) is 15.9. The molecule has 148 valence electrons. The second kappa shape index (κ2) is 8.19. The summed E-state index contributed by atoms with van der Waals surface area (Å²) in [6.45, 7) is 1.34. The predicted octanol–water partition coefficient (Wildman–Crippen LogP) is 3.60. The normalized spacial score (nSPS) is 15.8.